The van der Waals surface area contributed by atoms with Gasteiger partial charge in [-0.3, -0.25) is 9.69 Å². The molecule has 2 aromatic heterocycles. The third kappa shape index (κ3) is 4.77. The molecule has 29 heavy (non-hydrogen) atoms. The molecule has 0 bridgehead atoms. The Bertz CT molecular complexity index is 981. The predicted octanol–water partition coefficient (Wildman–Crippen LogP) is 4.71. The normalized spacial score (nSPS) is 15.6. The average Bonchev–Trinajstić information content (AvgIpc) is 3.27. The molecule has 5 nitrogen and oxygen atoms in total. The van der Waals surface area contributed by atoms with Crippen molar-refractivity contribution in [1.82, 2.24) is 14.7 Å². The molecule has 0 spiro atoms. The number of anilines is 1. The van der Waals surface area contributed by atoms with Crippen LogP contribution in [0.15, 0.2) is 42.5 Å². The molecule has 4 rings (SSSR count). The van der Waals surface area contributed by atoms with E-state index in [1.165, 1.54) is 9.75 Å². The largest absolute Gasteiger partial charge is 0.326 e. The minimum absolute atomic E-state index is 0.0898. The van der Waals surface area contributed by atoms with Gasteiger partial charge in [0.2, 0.25) is 5.91 Å². The molecule has 0 saturated carbocycles. The smallest absolute Gasteiger partial charge is 0.227 e. The maximum Gasteiger partial charge on any atom is 0.227 e. The first-order valence-electron chi connectivity index (χ1n) is 10.2. The van der Waals surface area contributed by atoms with Crippen LogP contribution in [0.1, 0.15) is 34.0 Å². The molecule has 3 heterocycles. The number of rotatable bonds is 5. The van der Waals surface area contributed by atoms with Crippen molar-refractivity contribution in [1.29, 1.82) is 0 Å². The number of aromatic nitrogens is 2. The van der Waals surface area contributed by atoms with Gasteiger partial charge in [0.15, 0.2) is 0 Å². The number of hydrogen-bond acceptors (Lipinski definition) is 4. The Kier molecular flexibility index (Phi) is 5.83. The molecule has 6 heteroatoms. The fourth-order valence-electron chi connectivity index (χ4n) is 3.96. The number of nitrogens with zero attached hydrogens (tertiary/aromatic N) is 3. The maximum atomic E-state index is 12.7. The quantitative estimate of drug-likeness (QED) is 0.665. The van der Waals surface area contributed by atoms with Crippen molar-refractivity contribution in [2.45, 2.75) is 40.2 Å². The van der Waals surface area contributed by atoms with Crippen molar-refractivity contribution >= 4 is 22.9 Å². The number of likely N-dealkylation sites (tertiary alicyclic amines) is 1. The molecule has 152 valence electrons. The Morgan fingerprint density at radius 3 is 2.41 bits per heavy atom. The lowest BCUT2D eigenvalue weighted by atomic mass is 9.95. The van der Waals surface area contributed by atoms with Crippen LogP contribution in [0.3, 0.4) is 0 Å². The fraction of sp³-hybridized carbons (Fsp3) is 0.391. The standard InChI is InChI=1S/C23H28N4OS/c1-16-14-17(2)27(25-16)21-7-5-20(6-8-21)24-23(28)19-10-12-26(13-11-19)15-22-9-4-18(3)29-22/h4-9,14,19H,10-13,15H2,1-3H3,(H,24,28). The van der Waals surface area contributed by atoms with Gasteiger partial charge in [0, 0.05) is 33.6 Å². The van der Waals surface area contributed by atoms with Crippen LogP contribution in [0.25, 0.3) is 5.69 Å². The number of hydrogen-bond donors (Lipinski definition) is 1. The topological polar surface area (TPSA) is 50.2 Å². The molecule has 1 N–H and O–H groups in total. The second kappa shape index (κ2) is 8.51. The number of carbonyl (C=O) groups is 1. The lowest BCUT2D eigenvalue weighted by molar-refractivity contribution is -0.121. The summed E-state index contributed by atoms with van der Waals surface area (Å²) < 4.78 is 1.92. The second-order valence-corrected chi connectivity index (χ2v) is 9.31. The minimum atomic E-state index is 0.0898. The number of nitrogens with one attached hydrogen (secondary N) is 1. The van der Waals surface area contributed by atoms with Gasteiger partial charge in [0.25, 0.3) is 0 Å². The summed E-state index contributed by atoms with van der Waals surface area (Å²) in [5, 5.41) is 7.60. The van der Waals surface area contributed by atoms with E-state index >= 15 is 0 Å². The molecular weight excluding hydrogens is 380 g/mol. The number of benzene rings is 1. The van der Waals surface area contributed by atoms with Gasteiger partial charge >= 0.3 is 0 Å². The van der Waals surface area contributed by atoms with Crippen molar-refractivity contribution in [3.05, 3.63) is 63.6 Å². The van der Waals surface area contributed by atoms with Crippen molar-refractivity contribution in [2.75, 3.05) is 18.4 Å². The lowest BCUT2D eigenvalue weighted by Gasteiger charge is -2.30. The number of aryl methyl sites for hydroxylation is 3. The van der Waals surface area contributed by atoms with Crippen LogP contribution in [0.5, 0.6) is 0 Å². The summed E-state index contributed by atoms with van der Waals surface area (Å²) in [5.74, 6) is 0.225. The Labute approximate surface area is 176 Å². The highest BCUT2D eigenvalue weighted by Crippen LogP contribution is 2.24. The molecule has 1 fully saturated rings. The SMILES string of the molecule is Cc1cc(C)n(-c2ccc(NC(=O)C3CCN(Cc4ccc(C)s4)CC3)cc2)n1. The van der Waals surface area contributed by atoms with Gasteiger partial charge in [-0.1, -0.05) is 0 Å². The average molecular weight is 409 g/mol. The zero-order chi connectivity index (χ0) is 20.4. The summed E-state index contributed by atoms with van der Waals surface area (Å²) in [6.45, 7) is 9.14. The Balaban J connectivity index is 1.30. The van der Waals surface area contributed by atoms with Crippen LogP contribution in [0, 0.1) is 26.7 Å². The molecule has 1 aliphatic rings. The molecular formula is C23H28N4OS. The second-order valence-electron chi connectivity index (χ2n) is 7.94. The molecule has 3 aromatic rings. The summed E-state index contributed by atoms with van der Waals surface area (Å²) >= 11 is 1.86. The molecule has 0 aliphatic carbocycles. The number of thiophene rings is 1. The minimum Gasteiger partial charge on any atom is -0.326 e. The van der Waals surface area contributed by atoms with Crippen LogP contribution >= 0.6 is 11.3 Å². The summed E-state index contributed by atoms with van der Waals surface area (Å²) in [4.78, 5) is 17.9. The zero-order valence-corrected chi connectivity index (χ0v) is 18.1. The predicted molar refractivity (Wildman–Crippen MR) is 119 cm³/mol. The Morgan fingerprint density at radius 1 is 1.10 bits per heavy atom. The molecule has 0 radical (unpaired) electrons. The number of carbonyl (C=O) groups excluding carboxylic acids is 1. The fourth-order valence-corrected chi connectivity index (χ4v) is 4.90. The molecule has 1 aliphatic heterocycles. The van der Waals surface area contributed by atoms with Crippen LogP contribution in [0.2, 0.25) is 0 Å². The van der Waals surface area contributed by atoms with Crippen LogP contribution < -0.4 is 5.32 Å². The molecule has 0 unspecified atom stereocenters. The van der Waals surface area contributed by atoms with E-state index in [4.69, 9.17) is 0 Å². The van der Waals surface area contributed by atoms with E-state index < -0.39 is 0 Å². The zero-order valence-electron chi connectivity index (χ0n) is 17.3. The van der Waals surface area contributed by atoms with Gasteiger partial charge in [0.05, 0.1) is 11.4 Å². The van der Waals surface area contributed by atoms with Crippen molar-refractivity contribution < 1.29 is 4.79 Å². The number of piperidine rings is 1. The molecule has 1 amide bonds. The van der Waals surface area contributed by atoms with Gasteiger partial charge in [-0.25, -0.2) is 4.68 Å². The van der Waals surface area contributed by atoms with Gasteiger partial charge in [-0.05, 0) is 89.2 Å². The van der Waals surface area contributed by atoms with E-state index in [-0.39, 0.29) is 11.8 Å². The van der Waals surface area contributed by atoms with E-state index in [0.717, 1.165) is 55.2 Å². The first-order valence-corrected chi connectivity index (χ1v) is 11.0. The Morgan fingerprint density at radius 2 is 1.83 bits per heavy atom. The third-order valence-corrected chi connectivity index (χ3v) is 6.51. The molecule has 1 aromatic carbocycles. The highest BCUT2D eigenvalue weighted by Gasteiger charge is 2.25. The van der Waals surface area contributed by atoms with E-state index in [1.54, 1.807) is 0 Å². The van der Waals surface area contributed by atoms with Crippen molar-refractivity contribution in [2.24, 2.45) is 5.92 Å². The lowest BCUT2D eigenvalue weighted by Crippen LogP contribution is -2.37. The molecule has 0 atom stereocenters. The highest BCUT2D eigenvalue weighted by atomic mass is 32.1. The van der Waals surface area contributed by atoms with E-state index in [0.29, 0.717) is 0 Å². The first kappa shape index (κ1) is 19.9. The first-order chi connectivity index (χ1) is 14.0. The summed E-state index contributed by atoms with van der Waals surface area (Å²) in [6.07, 6.45) is 1.83. The monoisotopic (exact) mass is 408 g/mol. The summed E-state index contributed by atoms with van der Waals surface area (Å²) in [7, 11) is 0. The van der Waals surface area contributed by atoms with E-state index in [1.807, 2.05) is 54.1 Å². The van der Waals surface area contributed by atoms with Gasteiger partial charge in [-0.2, -0.15) is 5.10 Å². The third-order valence-electron chi connectivity index (χ3n) is 5.52. The van der Waals surface area contributed by atoms with Gasteiger partial charge < -0.3 is 5.32 Å². The number of amides is 1. The van der Waals surface area contributed by atoms with Gasteiger partial charge in [0.1, 0.15) is 0 Å². The highest BCUT2D eigenvalue weighted by molar-refractivity contribution is 7.11. The van der Waals surface area contributed by atoms with Crippen LogP contribution in [-0.2, 0) is 11.3 Å². The van der Waals surface area contributed by atoms with E-state index in [9.17, 15) is 4.79 Å². The van der Waals surface area contributed by atoms with Crippen LogP contribution in [0.4, 0.5) is 5.69 Å². The molecule has 1 saturated heterocycles. The van der Waals surface area contributed by atoms with Gasteiger partial charge in [-0.15, -0.1) is 11.3 Å². The van der Waals surface area contributed by atoms with Crippen molar-refractivity contribution in [3.63, 3.8) is 0 Å². The maximum absolute atomic E-state index is 12.7. The summed E-state index contributed by atoms with van der Waals surface area (Å²) in [5.41, 5.74) is 3.95. The van der Waals surface area contributed by atoms with Crippen LogP contribution in [-0.4, -0.2) is 33.7 Å². The Hall–Kier alpha value is -2.44. The van der Waals surface area contributed by atoms with Crippen molar-refractivity contribution in [3.8, 4) is 5.69 Å². The van der Waals surface area contributed by atoms with E-state index in [2.05, 4.69) is 40.4 Å². The summed E-state index contributed by atoms with van der Waals surface area (Å²) in [6, 6.07) is 14.4.